The first-order valence-corrected chi connectivity index (χ1v) is 11.5. The molecule has 0 unspecified atom stereocenters. The quantitative estimate of drug-likeness (QED) is 0.310. The zero-order chi connectivity index (χ0) is 22.9. The Balaban J connectivity index is 1.69. The van der Waals surface area contributed by atoms with Gasteiger partial charge in [0.1, 0.15) is 5.82 Å². The van der Waals surface area contributed by atoms with Gasteiger partial charge in [0, 0.05) is 23.5 Å². The molecule has 0 N–H and O–H groups in total. The molecule has 4 heteroatoms. The summed E-state index contributed by atoms with van der Waals surface area (Å²) >= 11 is 0. The lowest BCUT2D eigenvalue weighted by Crippen LogP contribution is -2.34. The molecule has 0 aliphatic carbocycles. The van der Waals surface area contributed by atoms with Crippen molar-refractivity contribution in [1.29, 1.82) is 0 Å². The first-order valence-electron chi connectivity index (χ1n) is 11.5. The molecule has 0 radical (unpaired) electrons. The lowest BCUT2D eigenvalue weighted by molar-refractivity contribution is -0.118. The van der Waals surface area contributed by atoms with E-state index in [-0.39, 0.29) is 11.8 Å². The van der Waals surface area contributed by atoms with Crippen LogP contribution in [0.5, 0.6) is 0 Å². The van der Waals surface area contributed by atoms with Crippen molar-refractivity contribution in [3.8, 4) is 16.9 Å². The van der Waals surface area contributed by atoms with Crippen LogP contribution in [-0.2, 0) is 4.79 Å². The van der Waals surface area contributed by atoms with Crippen LogP contribution >= 0.6 is 0 Å². The van der Waals surface area contributed by atoms with Crippen molar-refractivity contribution in [2.24, 2.45) is 0 Å². The van der Waals surface area contributed by atoms with Gasteiger partial charge in [-0.05, 0) is 29.8 Å². The van der Waals surface area contributed by atoms with Crippen molar-refractivity contribution in [3.63, 3.8) is 0 Å². The molecule has 2 heterocycles. The number of aromatic nitrogens is 2. The van der Waals surface area contributed by atoms with Crippen LogP contribution in [0.15, 0.2) is 121 Å². The zero-order valence-corrected chi connectivity index (χ0v) is 18.6. The standard InChI is InChI=1S/C30H23N3O/c34-27-21-26(22-13-5-1-6-14-22)28-29(23-15-7-2-8-16-23)31-33(25-19-11-4-12-20-25)30(28)32(27)24-17-9-3-10-18-24/h1-20,26H,21H2/t26-/m1/s1. The second-order valence-corrected chi connectivity index (χ2v) is 8.43. The average molecular weight is 442 g/mol. The number of hydrogen-bond donors (Lipinski definition) is 0. The van der Waals surface area contributed by atoms with E-state index in [9.17, 15) is 4.79 Å². The Morgan fingerprint density at radius 1 is 0.647 bits per heavy atom. The summed E-state index contributed by atoms with van der Waals surface area (Å²) in [4.78, 5) is 15.6. The Morgan fingerprint density at radius 3 is 1.79 bits per heavy atom. The van der Waals surface area contributed by atoms with E-state index in [1.165, 1.54) is 0 Å². The third-order valence-electron chi connectivity index (χ3n) is 6.35. The number of amides is 1. The Morgan fingerprint density at radius 2 is 1.18 bits per heavy atom. The molecule has 0 bridgehead atoms. The van der Waals surface area contributed by atoms with Gasteiger partial charge in [-0.1, -0.05) is 97.1 Å². The highest BCUT2D eigenvalue weighted by Gasteiger charge is 2.39. The molecular formula is C30H23N3O. The van der Waals surface area contributed by atoms with Gasteiger partial charge in [0.15, 0.2) is 0 Å². The van der Waals surface area contributed by atoms with Gasteiger partial charge in [0.25, 0.3) is 0 Å². The maximum Gasteiger partial charge on any atom is 0.233 e. The number of nitrogens with zero attached hydrogens (tertiary/aromatic N) is 3. The van der Waals surface area contributed by atoms with Gasteiger partial charge in [-0.15, -0.1) is 0 Å². The predicted molar refractivity (Wildman–Crippen MR) is 135 cm³/mol. The fraction of sp³-hybridized carbons (Fsp3) is 0.0667. The Labute approximate surface area is 198 Å². The lowest BCUT2D eigenvalue weighted by Gasteiger charge is -2.33. The number of para-hydroxylation sites is 2. The summed E-state index contributed by atoms with van der Waals surface area (Å²) in [5.74, 6) is 0.780. The minimum Gasteiger partial charge on any atom is -0.274 e. The number of anilines is 2. The largest absolute Gasteiger partial charge is 0.274 e. The molecule has 0 spiro atoms. The molecule has 6 rings (SSSR count). The van der Waals surface area contributed by atoms with E-state index >= 15 is 0 Å². The highest BCUT2D eigenvalue weighted by molar-refractivity contribution is 6.04. The van der Waals surface area contributed by atoms with Gasteiger partial charge < -0.3 is 0 Å². The lowest BCUT2D eigenvalue weighted by atomic mass is 9.83. The van der Waals surface area contributed by atoms with Crippen molar-refractivity contribution in [3.05, 3.63) is 132 Å². The summed E-state index contributed by atoms with van der Waals surface area (Å²) < 4.78 is 1.93. The van der Waals surface area contributed by atoms with Crippen molar-refractivity contribution in [1.82, 2.24) is 9.78 Å². The number of rotatable bonds is 4. The molecule has 1 atom stereocenters. The zero-order valence-electron chi connectivity index (χ0n) is 18.6. The number of carbonyl (C=O) groups excluding carboxylic acids is 1. The molecule has 0 saturated heterocycles. The maximum absolute atomic E-state index is 13.8. The van der Waals surface area contributed by atoms with E-state index in [1.54, 1.807) is 0 Å². The van der Waals surface area contributed by atoms with Crippen molar-refractivity contribution in [2.75, 3.05) is 4.90 Å². The van der Waals surface area contributed by atoms with Crippen LogP contribution in [0.25, 0.3) is 16.9 Å². The number of benzene rings is 4. The van der Waals surface area contributed by atoms with E-state index in [2.05, 4.69) is 24.3 Å². The highest BCUT2D eigenvalue weighted by Crippen LogP contribution is 2.48. The van der Waals surface area contributed by atoms with Crippen LogP contribution in [0.2, 0.25) is 0 Å². The van der Waals surface area contributed by atoms with Crippen LogP contribution in [0, 0.1) is 0 Å². The van der Waals surface area contributed by atoms with Gasteiger partial charge in [-0.3, -0.25) is 9.69 Å². The van der Waals surface area contributed by atoms with Crippen LogP contribution in [0.1, 0.15) is 23.5 Å². The normalized spacial score (nSPS) is 15.2. The average Bonchev–Trinajstić information content (AvgIpc) is 3.30. The molecular weight excluding hydrogens is 418 g/mol. The third kappa shape index (κ3) is 3.41. The molecule has 4 aromatic carbocycles. The van der Waals surface area contributed by atoms with Crippen molar-refractivity contribution >= 4 is 17.4 Å². The smallest absolute Gasteiger partial charge is 0.233 e. The fourth-order valence-corrected chi connectivity index (χ4v) is 4.82. The molecule has 164 valence electrons. The molecule has 1 aliphatic heterocycles. The van der Waals surface area contributed by atoms with E-state index in [0.29, 0.717) is 6.42 Å². The summed E-state index contributed by atoms with van der Waals surface area (Å²) in [5.41, 5.74) is 5.90. The first-order chi connectivity index (χ1) is 16.8. The minimum absolute atomic E-state index is 0.0595. The summed E-state index contributed by atoms with van der Waals surface area (Å²) in [6.45, 7) is 0. The van der Waals surface area contributed by atoms with Crippen LogP contribution in [-0.4, -0.2) is 15.7 Å². The molecule has 5 aromatic rings. The molecule has 1 aromatic heterocycles. The van der Waals surface area contributed by atoms with E-state index in [4.69, 9.17) is 5.10 Å². The second-order valence-electron chi connectivity index (χ2n) is 8.43. The van der Waals surface area contributed by atoms with E-state index in [1.807, 2.05) is 107 Å². The monoisotopic (exact) mass is 441 g/mol. The van der Waals surface area contributed by atoms with E-state index < -0.39 is 0 Å². The number of carbonyl (C=O) groups is 1. The topological polar surface area (TPSA) is 38.1 Å². The molecule has 0 fully saturated rings. The highest BCUT2D eigenvalue weighted by atomic mass is 16.2. The van der Waals surface area contributed by atoms with Crippen molar-refractivity contribution in [2.45, 2.75) is 12.3 Å². The van der Waals surface area contributed by atoms with Gasteiger partial charge >= 0.3 is 0 Å². The fourth-order valence-electron chi connectivity index (χ4n) is 4.82. The summed E-state index contributed by atoms with van der Waals surface area (Å²) in [5, 5.41) is 5.14. The molecule has 0 saturated carbocycles. The minimum atomic E-state index is -0.0867. The van der Waals surface area contributed by atoms with Crippen LogP contribution in [0.3, 0.4) is 0 Å². The Bertz CT molecular complexity index is 1430. The Kier molecular flexibility index (Phi) is 5.04. The van der Waals surface area contributed by atoms with Crippen LogP contribution in [0.4, 0.5) is 11.5 Å². The Hall–Kier alpha value is -4.44. The number of hydrogen-bond acceptors (Lipinski definition) is 2. The maximum atomic E-state index is 13.8. The summed E-state index contributed by atoms with van der Waals surface area (Å²) in [7, 11) is 0. The SMILES string of the molecule is O=C1C[C@H](c2ccccc2)c2c(-c3ccccc3)nn(-c3ccccc3)c2N1c1ccccc1. The van der Waals surface area contributed by atoms with Crippen LogP contribution < -0.4 is 4.90 Å². The molecule has 4 nitrogen and oxygen atoms in total. The molecule has 1 amide bonds. The van der Waals surface area contributed by atoms with Gasteiger partial charge in [0.05, 0.1) is 17.1 Å². The predicted octanol–water partition coefficient (Wildman–Crippen LogP) is 6.74. The summed E-state index contributed by atoms with van der Waals surface area (Å²) in [6, 6.07) is 40.4. The van der Waals surface area contributed by atoms with Gasteiger partial charge in [0.2, 0.25) is 5.91 Å². The van der Waals surface area contributed by atoms with Gasteiger partial charge in [-0.25, -0.2) is 4.68 Å². The molecule has 34 heavy (non-hydrogen) atoms. The summed E-state index contributed by atoms with van der Waals surface area (Å²) in [6.07, 6.45) is 0.381. The van der Waals surface area contributed by atoms with Gasteiger partial charge in [-0.2, -0.15) is 5.10 Å². The third-order valence-corrected chi connectivity index (χ3v) is 6.35. The second kappa shape index (κ2) is 8.49. The molecule has 1 aliphatic rings. The van der Waals surface area contributed by atoms with E-state index in [0.717, 1.165) is 39.6 Å². The van der Waals surface area contributed by atoms with Crippen molar-refractivity contribution < 1.29 is 4.79 Å². The first kappa shape index (κ1) is 20.2. The number of fused-ring (bicyclic) bond motifs is 1.